The van der Waals surface area contributed by atoms with Crippen LogP contribution < -0.4 is 10.2 Å². The number of carboxylic acid groups (broad SMARTS) is 1. The first-order valence-electron chi connectivity index (χ1n) is 8.80. The van der Waals surface area contributed by atoms with Crippen LogP contribution in [0.5, 0.6) is 0 Å². The minimum absolute atomic E-state index is 0.0354. The van der Waals surface area contributed by atoms with Crippen LogP contribution in [-0.2, 0) is 16.0 Å². The summed E-state index contributed by atoms with van der Waals surface area (Å²) < 4.78 is 0. The van der Waals surface area contributed by atoms with E-state index in [2.05, 4.69) is 5.32 Å². The number of carbonyl (C=O) groups excluding carboxylic acids is 2. The molecule has 1 aliphatic heterocycles. The van der Waals surface area contributed by atoms with Gasteiger partial charge in [-0.05, 0) is 60.7 Å². The molecule has 0 bridgehead atoms. The molecular weight excluding hydrogens is 344 g/mol. The number of carboxylic acids is 1. The van der Waals surface area contributed by atoms with Crippen molar-refractivity contribution in [3.8, 4) is 0 Å². The number of nitrogens with zero attached hydrogens (tertiary/aromatic N) is 1. The molecule has 0 saturated heterocycles. The van der Waals surface area contributed by atoms with Crippen LogP contribution in [0.15, 0.2) is 36.4 Å². The smallest absolute Gasteiger partial charge is 0.330 e. The monoisotopic (exact) mass is 366 g/mol. The highest BCUT2D eigenvalue weighted by molar-refractivity contribution is 5.99. The number of rotatable bonds is 4. The van der Waals surface area contributed by atoms with Crippen LogP contribution in [0.2, 0.25) is 0 Å². The lowest BCUT2D eigenvalue weighted by atomic mass is 9.97. The van der Waals surface area contributed by atoms with Gasteiger partial charge in [-0.25, -0.2) is 4.79 Å². The molecule has 1 heterocycles. The van der Waals surface area contributed by atoms with Gasteiger partial charge in [0.25, 0.3) is 5.91 Å². The molecule has 6 nitrogen and oxygen atoms in total. The molecule has 2 amide bonds. The second kappa shape index (κ2) is 7.23. The Bertz CT molecular complexity index is 936. The van der Waals surface area contributed by atoms with Gasteiger partial charge in [0.15, 0.2) is 6.04 Å². The molecule has 2 aromatic carbocycles. The van der Waals surface area contributed by atoms with Crippen LogP contribution in [-0.4, -0.2) is 29.4 Å². The fraction of sp³-hybridized carbons (Fsp3) is 0.286. The Morgan fingerprint density at radius 1 is 1.15 bits per heavy atom. The third-order valence-corrected chi connectivity index (χ3v) is 5.10. The normalized spacial score (nSPS) is 13.8. The van der Waals surface area contributed by atoms with E-state index in [-0.39, 0.29) is 5.91 Å². The van der Waals surface area contributed by atoms with E-state index in [1.54, 1.807) is 35.2 Å². The summed E-state index contributed by atoms with van der Waals surface area (Å²) in [5.74, 6) is -1.60. The zero-order valence-corrected chi connectivity index (χ0v) is 15.6. The maximum absolute atomic E-state index is 12.7. The Hall–Kier alpha value is -3.15. The number of benzene rings is 2. The Labute approximate surface area is 157 Å². The Morgan fingerprint density at radius 2 is 1.89 bits per heavy atom. The molecular formula is C21H22N2O4. The van der Waals surface area contributed by atoms with Crippen molar-refractivity contribution in [2.45, 2.75) is 33.2 Å². The van der Waals surface area contributed by atoms with E-state index in [9.17, 15) is 19.5 Å². The Morgan fingerprint density at radius 3 is 2.56 bits per heavy atom. The Kier molecular flexibility index (Phi) is 4.99. The third-order valence-electron chi connectivity index (χ3n) is 5.10. The summed E-state index contributed by atoms with van der Waals surface area (Å²) in [5.41, 5.74) is 4.49. The minimum Gasteiger partial charge on any atom is -0.479 e. The average Bonchev–Trinajstić information content (AvgIpc) is 3.05. The van der Waals surface area contributed by atoms with E-state index >= 15 is 0 Å². The summed E-state index contributed by atoms with van der Waals surface area (Å²) in [4.78, 5) is 37.8. The van der Waals surface area contributed by atoms with Gasteiger partial charge in [-0.15, -0.1) is 0 Å². The van der Waals surface area contributed by atoms with Crippen LogP contribution in [0.1, 0.15) is 45.6 Å². The second-order valence-corrected chi connectivity index (χ2v) is 6.80. The van der Waals surface area contributed by atoms with Crippen molar-refractivity contribution in [3.05, 3.63) is 64.2 Å². The van der Waals surface area contributed by atoms with Crippen molar-refractivity contribution < 1.29 is 19.5 Å². The molecule has 6 heteroatoms. The summed E-state index contributed by atoms with van der Waals surface area (Å²) in [7, 11) is 0. The number of aliphatic carboxylic acids is 1. The fourth-order valence-corrected chi connectivity index (χ4v) is 3.44. The zero-order valence-electron chi connectivity index (χ0n) is 15.6. The SMILES string of the molecule is CC(=O)N1CCc2cc(C(=O)NC(C(=O)O)c3cccc(C)c3C)ccc21. The predicted molar refractivity (Wildman–Crippen MR) is 102 cm³/mol. The van der Waals surface area contributed by atoms with Gasteiger partial charge in [0.1, 0.15) is 0 Å². The van der Waals surface area contributed by atoms with Gasteiger partial charge in [0.05, 0.1) is 0 Å². The number of hydrogen-bond acceptors (Lipinski definition) is 3. The van der Waals surface area contributed by atoms with Crippen LogP contribution in [0.4, 0.5) is 5.69 Å². The van der Waals surface area contributed by atoms with Gasteiger partial charge in [-0.2, -0.15) is 0 Å². The predicted octanol–water partition coefficient (Wildman–Crippen LogP) is 2.77. The highest BCUT2D eigenvalue weighted by Gasteiger charge is 2.27. The molecule has 0 fully saturated rings. The quantitative estimate of drug-likeness (QED) is 0.871. The van der Waals surface area contributed by atoms with Gasteiger partial charge in [0.2, 0.25) is 5.91 Å². The van der Waals surface area contributed by atoms with Crippen LogP contribution >= 0.6 is 0 Å². The van der Waals surface area contributed by atoms with Crippen molar-refractivity contribution in [3.63, 3.8) is 0 Å². The number of amides is 2. The van der Waals surface area contributed by atoms with E-state index in [0.29, 0.717) is 24.1 Å². The molecule has 2 N–H and O–H groups in total. The molecule has 0 radical (unpaired) electrons. The highest BCUT2D eigenvalue weighted by atomic mass is 16.4. The van der Waals surface area contributed by atoms with Crippen LogP contribution in [0, 0.1) is 13.8 Å². The number of carbonyl (C=O) groups is 3. The maximum atomic E-state index is 12.7. The van der Waals surface area contributed by atoms with Crippen LogP contribution in [0.25, 0.3) is 0 Å². The van der Waals surface area contributed by atoms with Crippen molar-refractivity contribution in [2.75, 3.05) is 11.4 Å². The van der Waals surface area contributed by atoms with Crippen molar-refractivity contribution in [1.82, 2.24) is 5.32 Å². The molecule has 1 aliphatic rings. The molecule has 3 rings (SSSR count). The van der Waals surface area contributed by atoms with Crippen molar-refractivity contribution >= 4 is 23.5 Å². The number of aryl methyl sites for hydroxylation is 1. The van der Waals surface area contributed by atoms with Gasteiger partial charge >= 0.3 is 5.97 Å². The fourth-order valence-electron chi connectivity index (χ4n) is 3.44. The van der Waals surface area contributed by atoms with Gasteiger partial charge in [-0.3, -0.25) is 9.59 Å². The summed E-state index contributed by atoms with van der Waals surface area (Å²) in [6, 6.07) is 9.37. The van der Waals surface area contributed by atoms with E-state index < -0.39 is 17.9 Å². The third kappa shape index (κ3) is 3.56. The molecule has 1 unspecified atom stereocenters. The van der Waals surface area contributed by atoms with E-state index in [0.717, 1.165) is 22.4 Å². The summed E-state index contributed by atoms with van der Waals surface area (Å²) >= 11 is 0. The van der Waals surface area contributed by atoms with Gasteiger partial charge < -0.3 is 15.3 Å². The number of hydrogen-bond donors (Lipinski definition) is 2. The molecule has 0 aliphatic carbocycles. The number of fused-ring (bicyclic) bond motifs is 1. The molecule has 0 spiro atoms. The highest BCUT2D eigenvalue weighted by Crippen LogP contribution is 2.29. The largest absolute Gasteiger partial charge is 0.479 e. The standard InChI is InChI=1S/C21H22N2O4/c1-12-5-4-6-17(13(12)2)19(21(26)27)22-20(25)16-7-8-18-15(11-16)9-10-23(18)14(3)24/h4-8,11,19H,9-10H2,1-3H3,(H,22,25)(H,26,27). The number of anilines is 1. The first-order valence-corrected chi connectivity index (χ1v) is 8.80. The average molecular weight is 366 g/mol. The van der Waals surface area contributed by atoms with Gasteiger partial charge in [0, 0.05) is 24.7 Å². The van der Waals surface area contributed by atoms with E-state index in [1.165, 1.54) is 6.92 Å². The van der Waals surface area contributed by atoms with Crippen molar-refractivity contribution in [1.29, 1.82) is 0 Å². The molecule has 140 valence electrons. The van der Waals surface area contributed by atoms with E-state index in [4.69, 9.17) is 0 Å². The molecule has 0 aromatic heterocycles. The minimum atomic E-state index is -1.13. The molecule has 0 saturated carbocycles. The first-order chi connectivity index (χ1) is 12.8. The van der Waals surface area contributed by atoms with E-state index in [1.807, 2.05) is 19.9 Å². The molecule has 27 heavy (non-hydrogen) atoms. The first kappa shape index (κ1) is 18.6. The molecule has 1 atom stereocenters. The summed E-state index contributed by atoms with van der Waals surface area (Å²) in [6.45, 7) is 5.85. The van der Waals surface area contributed by atoms with Crippen molar-refractivity contribution in [2.24, 2.45) is 0 Å². The Balaban J connectivity index is 1.86. The summed E-state index contributed by atoms with van der Waals surface area (Å²) in [5, 5.41) is 12.3. The zero-order chi connectivity index (χ0) is 19.7. The lowest BCUT2D eigenvalue weighted by Gasteiger charge is -2.19. The topological polar surface area (TPSA) is 86.7 Å². The number of nitrogens with one attached hydrogen (secondary N) is 1. The summed E-state index contributed by atoms with van der Waals surface area (Å²) in [6.07, 6.45) is 0.676. The lowest BCUT2D eigenvalue weighted by molar-refractivity contribution is -0.139. The van der Waals surface area contributed by atoms with Crippen LogP contribution in [0.3, 0.4) is 0 Å². The van der Waals surface area contributed by atoms with Gasteiger partial charge in [-0.1, -0.05) is 18.2 Å². The lowest BCUT2D eigenvalue weighted by Crippen LogP contribution is -2.34. The second-order valence-electron chi connectivity index (χ2n) is 6.80. The molecule has 2 aromatic rings. The maximum Gasteiger partial charge on any atom is 0.330 e.